The van der Waals surface area contributed by atoms with Crippen LogP contribution in [0.15, 0.2) is 6.20 Å². The Hall–Kier alpha value is -0.880. The highest BCUT2D eigenvalue weighted by Gasteiger charge is 2.16. The average molecular weight is 259 g/mol. The van der Waals surface area contributed by atoms with Crippen molar-refractivity contribution in [2.45, 2.75) is 39.1 Å². The summed E-state index contributed by atoms with van der Waals surface area (Å²) in [4.78, 5) is 0. The smallest absolute Gasteiger partial charge is 0.154 e. The lowest BCUT2D eigenvalue weighted by Crippen LogP contribution is -2.22. The minimum atomic E-state index is -2.99. The normalized spacial score (nSPS) is 12.3. The monoisotopic (exact) mass is 259 g/mol. The molecule has 0 aliphatic carbocycles. The number of aryl methyl sites for hydroxylation is 1. The molecule has 0 aliphatic heterocycles. The molecule has 0 saturated heterocycles. The molecule has 0 bridgehead atoms. The molecule has 0 unspecified atom stereocenters. The summed E-state index contributed by atoms with van der Waals surface area (Å²) in [6, 6.07) is 0. The van der Waals surface area contributed by atoms with Gasteiger partial charge < -0.3 is 5.32 Å². The second-order valence-corrected chi connectivity index (χ2v) is 7.10. The molecule has 5 nitrogen and oxygen atoms in total. The first kappa shape index (κ1) is 14.2. The van der Waals surface area contributed by atoms with E-state index < -0.39 is 9.84 Å². The van der Waals surface area contributed by atoms with Crippen LogP contribution in [-0.2, 0) is 22.9 Å². The zero-order chi connectivity index (χ0) is 13.1. The van der Waals surface area contributed by atoms with E-state index in [2.05, 4.69) is 10.4 Å². The van der Waals surface area contributed by atoms with Crippen LogP contribution in [0.25, 0.3) is 0 Å². The van der Waals surface area contributed by atoms with Crippen molar-refractivity contribution in [2.24, 2.45) is 0 Å². The molecule has 0 aliphatic rings. The van der Waals surface area contributed by atoms with Gasteiger partial charge >= 0.3 is 0 Å². The molecular formula is C11H21N3O2S. The molecule has 17 heavy (non-hydrogen) atoms. The Morgan fingerprint density at radius 2 is 2.12 bits per heavy atom. The first-order chi connectivity index (χ1) is 7.88. The topological polar surface area (TPSA) is 64.0 Å². The van der Waals surface area contributed by atoms with Gasteiger partial charge in [0, 0.05) is 17.8 Å². The number of aromatic nitrogens is 2. The minimum absolute atomic E-state index is 0.145. The first-order valence-electron chi connectivity index (χ1n) is 5.76. The van der Waals surface area contributed by atoms with Crippen LogP contribution in [0, 0.1) is 6.92 Å². The number of hydrogen-bond acceptors (Lipinski definition) is 4. The van der Waals surface area contributed by atoms with Crippen molar-refractivity contribution >= 4 is 9.84 Å². The van der Waals surface area contributed by atoms with E-state index in [4.69, 9.17) is 0 Å². The van der Waals surface area contributed by atoms with Gasteiger partial charge in [-0.05, 0) is 27.8 Å². The van der Waals surface area contributed by atoms with Gasteiger partial charge in [0.15, 0.2) is 9.84 Å². The molecule has 98 valence electrons. The Balaban J connectivity index is 2.71. The van der Waals surface area contributed by atoms with Crippen LogP contribution in [-0.4, -0.2) is 36.2 Å². The molecule has 0 fully saturated rings. The third-order valence-corrected chi connectivity index (χ3v) is 5.07. The molecule has 0 radical (unpaired) electrons. The van der Waals surface area contributed by atoms with Crippen molar-refractivity contribution in [1.82, 2.24) is 15.1 Å². The van der Waals surface area contributed by atoms with Crippen LogP contribution in [0.4, 0.5) is 0 Å². The largest absolute Gasteiger partial charge is 0.316 e. The SMILES string of the molecule is CNCc1cnn(CCS(=O)(=O)C(C)C)c1C. The molecule has 0 atom stereocenters. The van der Waals surface area contributed by atoms with Gasteiger partial charge in [-0.25, -0.2) is 8.42 Å². The Bertz CT molecular complexity index is 463. The van der Waals surface area contributed by atoms with E-state index in [0.717, 1.165) is 17.8 Å². The number of rotatable bonds is 6. The second kappa shape index (κ2) is 5.64. The molecule has 0 spiro atoms. The summed E-state index contributed by atoms with van der Waals surface area (Å²) in [7, 11) is -1.12. The summed E-state index contributed by atoms with van der Waals surface area (Å²) in [6.07, 6.45) is 1.79. The van der Waals surface area contributed by atoms with Gasteiger partial charge in [0.2, 0.25) is 0 Å². The Morgan fingerprint density at radius 1 is 1.47 bits per heavy atom. The molecular weight excluding hydrogens is 238 g/mol. The number of nitrogens with one attached hydrogen (secondary N) is 1. The molecule has 1 aromatic heterocycles. The molecule has 1 heterocycles. The fourth-order valence-electron chi connectivity index (χ4n) is 1.52. The summed E-state index contributed by atoms with van der Waals surface area (Å²) in [5.74, 6) is 0.145. The zero-order valence-corrected chi connectivity index (χ0v) is 11.7. The standard InChI is InChI=1S/C11H21N3O2S/c1-9(2)17(15,16)6-5-14-10(3)11(7-12-4)8-13-14/h8-9,12H,5-7H2,1-4H3. The summed E-state index contributed by atoms with van der Waals surface area (Å²) >= 11 is 0. The highest BCUT2D eigenvalue weighted by molar-refractivity contribution is 7.91. The summed E-state index contributed by atoms with van der Waals surface area (Å²) in [6.45, 7) is 6.55. The van der Waals surface area contributed by atoms with E-state index in [-0.39, 0.29) is 11.0 Å². The van der Waals surface area contributed by atoms with Crippen molar-refractivity contribution in [3.63, 3.8) is 0 Å². The number of sulfone groups is 1. The third-order valence-electron chi connectivity index (χ3n) is 2.88. The summed E-state index contributed by atoms with van der Waals surface area (Å²) in [5, 5.41) is 6.94. The average Bonchev–Trinajstić information content (AvgIpc) is 2.58. The van der Waals surface area contributed by atoms with Crippen molar-refractivity contribution in [2.75, 3.05) is 12.8 Å². The molecule has 1 rings (SSSR count). The van der Waals surface area contributed by atoms with E-state index in [1.165, 1.54) is 0 Å². The quantitative estimate of drug-likeness (QED) is 0.818. The first-order valence-corrected chi connectivity index (χ1v) is 7.47. The number of nitrogens with zero attached hydrogens (tertiary/aromatic N) is 2. The number of hydrogen-bond donors (Lipinski definition) is 1. The predicted octanol–water partition coefficient (Wildman–Crippen LogP) is 0.734. The van der Waals surface area contributed by atoms with Crippen LogP contribution in [0.1, 0.15) is 25.1 Å². The van der Waals surface area contributed by atoms with Gasteiger partial charge in [0.05, 0.1) is 23.7 Å². The Labute approximate surface area is 103 Å². The maximum atomic E-state index is 11.7. The van der Waals surface area contributed by atoms with Gasteiger partial charge in [0.25, 0.3) is 0 Å². The van der Waals surface area contributed by atoms with E-state index in [0.29, 0.717) is 6.54 Å². The molecule has 1 aromatic rings. The Kier molecular flexibility index (Phi) is 4.70. The van der Waals surface area contributed by atoms with Crippen LogP contribution in [0.5, 0.6) is 0 Å². The molecule has 0 saturated carbocycles. The predicted molar refractivity (Wildman–Crippen MR) is 68.7 cm³/mol. The molecule has 6 heteroatoms. The van der Waals surface area contributed by atoms with Gasteiger partial charge in [-0.3, -0.25) is 4.68 Å². The van der Waals surface area contributed by atoms with Crippen molar-refractivity contribution in [1.29, 1.82) is 0 Å². The van der Waals surface area contributed by atoms with E-state index in [9.17, 15) is 8.42 Å². The van der Waals surface area contributed by atoms with E-state index in [1.807, 2.05) is 14.0 Å². The zero-order valence-electron chi connectivity index (χ0n) is 10.9. The summed E-state index contributed by atoms with van der Waals surface area (Å²) in [5.41, 5.74) is 2.13. The highest BCUT2D eigenvalue weighted by atomic mass is 32.2. The molecule has 0 amide bonds. The lowest BCUT2D eigenvalue weighted by molar-refractivity contribution is 0.569. The van der Waals surface area contributed by atoms with Gasteiger partial charge in [0.1, 0.15) is 0 Å². The van der Waals surface area contributed by atoms with Crippen LogP contribution in [0.2, 0.25) is 0 Å². The fraction of sp³-hybridized carbons (Fsp3) is 0.727. The van der Waals surface area contributed by atoms with Crippen molar-refractivity contribution in [3.05, 3.63) is 17.5 Å². The van der Waals surface area contributed by atoms with E-state index in [1.54, 1.807) is 24.7 Å². The lowest BCUT2D eigenvalue weighted by atomic mass is 10.2. The van der Waals surface area contributed by atoms with Crippen molar-refractivity contribution in [3.8, 4) is 0 Å². The van der Waals surface area contributed by atoms with Gasteiger partial charge in [-0.2, -0.15) is 5.10 Å². The summed E-state index contributed by atoms with van der Waals surface area (Å²) < 4.78 is 25.1. The molecule has 1 N–H and O–H groups in total. The van der Waals surface area contributed by atoms with E-state index >= 15 is 0 Å². The van der Waals surface area contributed by atoms with Gasteiger partial charge in [-0.1, -0.05) is 0 Å². The minimum Gasteiger partial charge on any atom is -0.316 e. The fourth-order valence-corrected chi connectivity index (χ4v) is 2.42. The molecule has 0 aromatic carbocycles. The van der Waals surface area contributed by atoms with Crippen LogP contribution >= 0.6 is 0 Å². The highest BCUT2D eigenvalue weighted by Crippen LogP contribution is 2.08. The second-order valence-electron chi connectivity index (χ2n) is 4.42. The van der Waals surface area contributed by atoms with Crippen LogP contribution in [0.3, 0.4) is 0 Å². The van der Waals surface area contributed by atoms with Crippen molar-refractivity contribution < 1.29 is 8.42 Å². The third kappa shape index (κ3) is 3.54. The maximum absolute atomic E-state index is 11.7. The van der Waals surface area contributed by atoms with Crippen LogP contribution < -0.4 is 5.32 Å². The maximum Gasteiger partial charge on any atom is 0.154 e. The Morgan fingerprint density at radius 3 is 2.65 bits per heavy atom. The van der Waals surface area contributed by atoms with Gasteiger partial charge in [-0.15, -0.1) is 0 Å². The lowest BCUT2D eigenvalue weighted by Gasteiger charge is -2.09.